The summed E-state index contributed by atoms with van der Waals surface area (Å²) in [6.45, 7) is 8.14. The molecule has 1 atom stereocenters. The lowest BCUT2D eigenvalue weighted by Crippen LogP contribution is -2.74. The van der Waals surface area contributed by atoms with Crippen molar-refractivity contribution >= 4 is 35.8 Å². The zero-order valence-corrected chi connectivity index (χ0v) is 23.7. The van der Waals surface area contributed by atoms with E-state index in [9.17, 15) is 4.79 Å². The summed E-state index contributed by atoms with van der Waals surface area (Å²) >= 11 is 0. The minimum absolute atomic E-state index is 0.0162. The number of ether oxygens (including phenoxy) is 1. The van der Waals surface area contributed by atoms with Crippen molar-refractivity contribution in [1.29, 1.82) is 0 Å². The van der Waals surface area contributed by atoms with Crippen LogP contribution in [0.15, 0.2) is 127 Å². The van der Waals surface area contributed by atoms with Crippen LogP contribution in [-0.2, 0) is 4.74 Å². The van der Waals surface area contributed by atoms with Crippen LogP contribution in [-0.4, -0.2) is 36.9 Å². The SMILES string of the molecule is CC(C)N(C(=O)O[C@@H](/C=C/c1ccccc1)[Si](c1ccccc1)(c1ccccc1)c1ccccc1)C(C)C. The first-order valence-corrected chi connectivity index (χ1v) is 15.4. The van der Waals surface area contributed by atoms with Gasteiger partial charge in [-0.1, -0.05) is 127 Å². The molecule has 0 unspecified atom stereocenters. The molecule has 0 bridgehead atoms. The maximum Gasteiger partial charge on any atom is 0.410 e. The van der Waals surface area contributed by atoms with Crippen LogP contribution in [0, 0.1) is 0 Å². The van der Waals surface area contributed by atoms with Gasteiger partial charge in [0.2, 0.25) is 0 Å². The lowest BCUT2D eigenvalue weighted by atomic mass is 10.2. The van der Waals surface area contributed by atoms with E-state index in [1.165, 1.54) is 15.6 Å². The van der Waals surface area contributed by atoms with Crippen molar-refractivity contribution in [3.05, 3.63) is 133 Å². The lowest BCUT2D eigenvalue weighted by molar-refractivity contribution is 0.0776. The van der Waals surface area contributed by atoms with Crippen molar-refractivity contribution in [2.45, 2.75) is 45.5 Å². The normalized spacial score (nSPS) is 12.6. The predicted octanol–water partition coefficient (Wildman–Crippen LogP) is 6.03. The number of nitrogens with zero attached hydrogens (tertiary/aromatic N) is 1. The highest BCUT2D eigenvalue weighted by Gasteiger charge is 2.48. The number of benzene rings is 4. The number of hydrogen-bond acceptors (Lipinski definition) is 2. The Kier molecular flexibility index (Phi) is 8.98. The van der Waals surface area contributed by atoms with Crippen LogP contribution < -0.4 is 15.6 Å². The third kappa shape index (κ3) is 5.81. The summed E-state index contributed by atoms with van der Waals surface area (Å²) < 4.78 is 6.65. The van der Waals surface area contributed by atoms with Gasteiger partial charge in [-0.25, -0.2) is 4.79 Å². The molecule has 0 aromatic heterocycles. The van der Waals surface area contributed by atoms with Gasteiger partial charge in [-0.2, -0.15) is 0 Å². The van der Waals surface area contributed by atoms with Gasteiger partial charge in [0, 0.05) is 12.1 Å². The minimum atomic E-state index is -2.94. The highest BCUT2D eigenvalue weighted by molar-refractivity contribution is 7.12. The van der Waals surface area contributed by atoms with E-state index in [1.807, 2.05) is 69.0 Å². The van der Waals surface area contributed by atoms with Crippen molar-refractivity contribution < 1.29 is 9.53 Å². The summed E-state index contributed by atoms with van der Waals surface area (Å²) in [5.41, 5.74) is 0.567. The highest BCUT2D eigenvalue weighted by atomic mass is 28.3. The van der Waals surface area contributed by atoms with Gasteiger partial charge in [0.05, 0.1) is 0 Å². The summed E-state index contributed by atoms with van der Waals surface area (Å²) in [4.78, 5) is 15.7. The van der Waals surface area contributed by atoms with E-state index in [-0.39, 0.29) is 18.2 Å². The molecule has 4 rings (SSSR count). The van der Waals surface area contributed by atoms with Gasteiger partial charge in [-0.15, -0.1) is 0 Å². The van der Waals surface area contributed by atoms with Crippen LogP contribution in [0.5, 0.6) is 0 Å². The molecule has 38 heavy (non-hydrogen) atoms. The first kappa shape index (κ1) is 27.1. The van der Waals surface area contributed by atoms with E-state index in [2.05, 4.69) is 97.1 Å². The second-order valence-electron chi connectivity index (χ2n) is 10.1. The molecule has 4 heteroatoms. The number of carbonyl (C=O) groups is 1. The Labute approximate surface area is 228 Å². The molecule has 0 aliphatic carbocycles. The van der Waals surface area contributed by atoms with Crippen molar-refractivity contribution in [2.75, 3.05) is 0 Å². The number of carbonyl (C=O) groups excluding carboxylic acids is 1. The largest absolute Gasteiger partial charge is 0.445 e. The van der Waals surface area contributed by atoms with E-state index in [0.717, 1.165) is 5.56 Å². The maximum absolute atomic E-state index is 13.9. The number of rotatable bonds is 9. The van der Waals surface area contributed by atoms with Crippen LogP contribution in [0.3, 0.4) is 0 Å². The summed E-state index contributed by atoms with van der Waals surface area (Å²) in [7, 11) is -2.94. The Morgan fingerprint density at radius 2 is 1.00 bits per heavy atom. The van der Waals surface area contributed by atoms with E-state index in [0.29, 0.717) is 0 Å². The Bertz CT molecular complexity index is 1200. The minimum Gasteiger partial charge on any atom is -0.445 e. The fourth-order valence-corrected chi connectivity index (χ4v) is 10.1. The zero-order valence-electron chi connectivity index (χ0n) is 22.7. The third-order valence-electron chi connectivity index (χ3n) is 6.93. The molecule has 0 saturated carbocycles. The molecule has 0 radical (unpaired) electrons. The van der Waals surface area contributed by atoms with Crippen molar-refractivity contribution in [3.8, 4) is 0 Å². The van der Waals surface area contributed by atoms with Crippen LogP contribution in [0.1, 0.15) is 33.3 Å². The Morgan fingerprint density at radius 3 is 1.37 bits per heavy atom. The molecule has 194 valence electrons. The molecule has 0 aliphatic heterocycles. The summed E-state index contributed by atoms with van der Waals surface area (Å²) in [6.07, 6.45) is 3.90. The molecule has 0 spiro atoms. The standard InChI is InChI=1S/C34H37NO2Si/c1-27(2)35(28(3)4)34(36)37-33(26-25-29-17-9-5-10-18-29)38(30-19-11-6-12-20-30,31-21-13-7-14-22-31)32-23-15-8-16-24-32/h5-28,33H,1-4H3/b26-25+/t33-/m1/s1. The molecule has 0 heterocycles. The van der Waals surface area contributed by atoms with Crippen molar-refractivity contribution in [1.82, 2.24) is 4.90 Å². The molecule has 0 fully saturated rings. The summed E-state index contributed by atoms with van der Waals surface area (Å²) in [5, 5.41) is 3.57. The quantitative estimate of drug-likeness (QED) is 0.200. The first-order valence-electron chi connectivity index (χ1n) is 13.3. The fourth-order valence-electron chi connectivity index (χ4n) is 5.32. The van der Waals surface area contributed by atoms with E-state index >= 15 is 0 Å². The second kappa shape index (κ2) is 12.6. The van der Waals surface area contributed by atoms with E-state index in [4.69, 9.17) is 4.74 Å². The van der Waals surface area contributed by atoms with Crippen molar-refractivity contribution in [2.24, 2.45) is 0 Å². The highest BCUT2D eigenvalue weighted by Crippen LogP contribution is 2.21. The molecular formula is C34H37NO2Si. The van der Waals surface area contributed by atoms with Crippen LogP contribution >= 0.6 is 0 Å². The topological polar surface area (TPSA) is 29.5 Å². The van der Waals surface area contributed by atoms with Gasteiger partial charge in [0.15, 0.2) is 8.07 Å². The smallest absolute Gasteiger partial charge is 0.410 e. The second-order valence-corrected chi connectivity index (χ2v) is 14.0. The fraction of sp³-hybridized carbons (Fsp3) is 0.206. The van der Waals surface area contributed by atoms with Gasteiger partial charge in [0.1, 0.15) is 5.73 Å². The van der Waals surface area contributed by atoms with Gasteiger partial charge in [-0.3, -0.25) is 0 Å². The molecule has 4 aromatic rings. The van der Waals surface area contributed by atoms with E-state index in [1.54, 1.807) is 0 Å². The molecule has 4 aromatic carbocycles. The molecular weight excluding hydrogens is 482 g/mol. The van der Waals surface area contributed by atoms with Crippen LogP contribution in [0.25, 0.3) is 6.08 Å². The predicted molar refractivity (Wildman–Crippen MR) is 162 cm³/mol. The monoisotopic (exact) mass is 519 g/mol. The molecule has 1 amide bonds. The summed E-state index contributed by atoms with van der Waals surface area (Å²) in [6, 6.07) is 42.0. The maximum atomic E-state index is 13.9. The Balaban J connectivity index is 2.00. The summed E-state index contributed by atoms with van der Waals surface area (Å²) in [5.74, 6) is 0. The zero-order chi connectivity index (χ0) is 27.0. The van der Waals surface area contributed by atoms with Crippen molar-refractivity contribution in [3.63, 3.8) is 0 Å². The average Bonchev–Trinajstić information content (AvgIpc) is 2.94. The van der Waals surface area contributed by atoms with Gasteiger partial charge < -0.3 is 9.64 Å². The lowest BCUT2D eigenvalue weighted by Gasteiger charge is -2.40. The first-order chi connectivity index (χ1) is 18.4. The third-order valence-corrected chi connectivity index (χ3v) is 11.8. The van der Waals surface area contributed by atoms with Gasteiger partial charge in [-0.05, 0) is 54.9 Å². The number of hydrogen-bond donors (Lipinski definition) is 0. The van der Waals surface area contributed by atoms with Crippen LogP contribution in [0.4, 0.5) is 4.79 Å². The molecule has 0 aliphatic rings. The van der Waals surface area contributed by atoms with Gasteiger partial charge in [0.25, 0.3) is 0 Å². The number of amides is 1. The molecule has 3 nitrogen and oxygen atoms in total. The average molecular weight is 520 g/mol. The Morgan fingerprint density at radius 1 is 0.632 bits per heavy atom. The molecule has 0 N–H and O–H groups in total. The van der Waals surface area contributed by atoms with E-state index < -0.39 is 13.8 Å². The van der Waals surface area contributed by atoms with Crippen LogP contribution in [0.2, 0.25) is 0 Å². The van der Waals surface area contributed by atoms with Gasteiger partial charge >= 0.3 is 6.09 Å². The molecule has 0 saturated heterocycles. The Hall–Kier alpha value is -3.89.